The van der Waals surface area contributed by atoms with Crippen molar-refractivity contribution in [1.29, 1.82) is 0 Å². The van der Waals surface area contributed by atoms with Gasteiger partial charge in [-0.3, -0.25) is 9.59 Å². The van der Waals surface area contributed by atoms with Crippen LogP contribution in [0.3, 0.4) is 0 Å². The smallest absolute Gasteiger partial charge is 0.243 e. The van der Waals surface area contributed by atoms with Crippen molar-refractivity contribution in [3.05, 3.63) is 24.3 Å². The molecule has 0 aromatic heterocycles. The third kappa shape index (κ3) is 3.55. The van der Waals surface area contributed by atoms with Crippen LogP contribution in [0.2, 0.25) is 0 Å². The monoisotopic (exact) mass is 365 g/mol. The van der Waals surface area contributed by atoms with E-state index in [1.807, 2.05) is 0 Å². The number of hydrogen-bond acceptors (Lipinski definition) is 4. The number of carbonyl (C=O) groups is 2. The number of primary amides is 1. The van der Waals surface area contributed by atoms with Gasteiger partial charge in [-0.25, -0.2) is 8.42 Å². The first kappa shape index (κ1) is 17.9. The molecule has 2 fully saturated rings. The summed E-state index contributed by atoms with van der Waals surface area (Å²) in [4.78, 5) is 25.0. The van der Waals surface area contributed by atoms with E-state index in [1.54, 1.807) is 12.1 Å². The Kier molecular flexibility index (Phi) is 4.83. The van der Waals surface area contributed by atoms with Gasteiger partial charge in [0, 0.05) is 31.7 Å². The molecule has 0 radical (unpaired) electrons. The molecule has 2 amide bonds. The maximum atomic E-state index is 12.7. The molecule has 7 nitrogen and oxygen atoms in total. The van der Waals surface area contributed by atoms with E-state index in [0.717, 1.165) is 12.8 Å². The zero-order chi connectivity index (χ0) is 18.2. The Hall–Kier alpha value is -1.93. The molecule has 0 bridgehead atoms. The molecule has 3 rings (SSSR count). The molecule has 0 saturated carbocycles. The summed E-state index contributed by atoms with van der Waals surface area (Å²) in [6, 6.07) is 6.27. The summed E-state index contributed by atoms with van der Waals surface area (Å²) in [5, 5.41) is 0. The summed E-state index contributed by atoms with van der Waals surface area (Å²) >= 11 is 0. The average molecular weight is 365 g/mol. The van der Waals surface area contributed by atoms with Crippen LogP contribution in [-0.4, -0.2) is 44.2 Å². The van der Waals surface area contributed by atoms with Gasteiger partial charge >= 0.3 is 0 Å². The highest BCUT2D eigenvalue weighted by molar-refractivity contribution is 7.89. The van der Waals surface area contributed by atoms with E-state index in [-0.39, 0.29) is 23.8 Å². The average Bonchev–Trinajstić information content (AvgIpc) is 2.97. The van der Waals surface area contributed by atoms with Crippen LogP contribution in [0.15, 0.2) is 29.2 Å². The first-order valence-electron chi connectivity index (χ1n) is 8.49. The molecule has 2 saturated heterocycles. The molecular formula is C17H23N3O4S. The lowest BCUT2D eigenvalue weighted by molar-refractivity contribution is -0.123. The van der Waals surface area contributed by atoms with Crippen LogP contribution in [0.1, 0.15) is 26.2 Å². The maximum Gasteiger partial charge on any atom is 0.243 e. The first-order chi connectivity index (χ1) is 11.8. The van der Waals surface area contributed by atoms with E-state index in [2.05, 4.69) is 6.92 Å². The minimum absolute atomic E-state index is 0.0986. The number of sulfonamides is 1. The number of nitrogens with zero attached hydrogens (tertiary/aromatic N) is 2. The van der Waals surface area contributed by atoms with E-state index < -0.39 is 21.8 Å². The fourth-order valence-electron chi connectivity index (χ4n) is 3.32. The van der Waals surface area contributed by atoms with Crippen molar-refractivity contribution in [3.63, 3.8) is 0 Å². The third-order valence-corrected chi connectivity index (χ3v) is 6.97. The van der Waals surface area contributed by atoms with Gasteiger partial charge in [-0.15, -0.1) is 0 Å². The number of amides is 2. The fourth-order valence-corrected chi connectivity index (χ4v) is 4.79. The van der Waals surface area contributed by atoms with Gasteiger partial charge < -0.3 is 10.6 Å². The number of carbonyl (C=O) groups excluding carboxylic acids is 2. The first-order valence-corrected chi connectivity index (χ1v) is 9.93. The maximum absolute atomic E-state index is 12.7. The SMILES string of the molecule is CC1CCN(S(=O)(=O)c2ccc(N3C[C@H](C(N)=O)CC3=O)cc2)CC1. The molecule has 0 spiro atoms. The molecule has 25 heavy (non-hydrogen) atoms. The lowest BCUT2D eigenvalue weighted by Gasteiger charge is -2.29. The van der Waals surface area contributed by atoms with Gasteiger partial charge in [-0.1, -0.05) is 6.92 Å². The van der Waals surface area contributed by atoms with Gasteiger partial charge in [-0.2, -0.15) is 4.31 Å². The van der Waals surface area contributed by atoms with E-state index in [1.165, 1.54) is 21.3 Å². The zero-order valence-corrected chi connectivity index (χ0v) is 15.0. The summed E-state index contributed by atoms with van der Waals surface area (Å²) in [5.41, 5.74) is 5.85. The van der Waals surface area contributed by atoms with E-state index in [4.69, 9.17) is 5.73 Å². The Bertz CT molecular complexity index is 768. The minimum atomic E-state index is -3.51. The molecule has 1 aromatic rings. The largest absolute Gasteiger partial charge is 0.369 e. The second kappa shape index (κ2) is 6.76. The van der Waals surface area contributed by atoms with Gasteiger partial charge in [0.25, 0.3) is 0 Å². The van der Waals surface area contributed by atoms with E-state index >= 15 is 0 Å². The van der Waals surface area contributed by atoms with Crippen molar-refractivity contribution in [2.45, 2.75) is 31.1 Å². The number of hydrogen-bond donors (Lipinski definition) is 1. The van der Waals surface area contributed by atoms with E-state index in [9.17, 15) is 18.0 Å². The van der Waals surface area contributed by atoms with Gasteiger partial charge in [0.2, 0.25) is 21.8 Å². The number of anilines is 1. The van der Waals surface area contributed by atoms with Gasteiger partial charge in [0.1, 0.15) is 0 Å². The fraction of sp³-hybridized carbons (Fsp3) is 0.529. The van der Waals surface area contributed by atoms with Crippen LogP contribution in [-0.2, 0) is 19.6 Å². The second-order valence-corrected chi connectivity index (χ2v) is 8.83. The molecular weight excluding hydrogens is 342 g/mol. The number of piperidine rings is 1. The molecule has 2 aliphatic heterocycles. The van der Waals surface area contributed by atoms with Crippen LogP contribution in [0.4, 0.5) is 5.69 Å². The van der Waals surface area contributed by atoms with Crippen molar-refractivity contribution in [3.8, 4) is 0 Å². The second-order valence-electron chi connectivity index (χ2n) is 6.89. The number of benzene rings is 1. The normalized spacial score (nSPS) is 23.2. The highest BCUT2D eigenvalue weighted by atomic mass is 32.2. The Labute approximate surface area is 147 Å². The summed E-state index contributed by atoms with van der Waals surface area (Å²) in [6.07, 6.45) is 1.84. The molecule has 0 aliphatic carbocycles. The number of nitrogens with two attached hydrogens (primary N) is 1. The van der Waals surface area contributed by atoms with Crippen LogP contribution < -0.4 is 10.6 Å². The van der Waals surface area contributed by atoms with Crippen LogP contribution in [0.25, 0.3) is 0 Å². The number of rotatable bonds is 4. The van der Waals surface area contributed by atoms with E-state index in [0.29, 0.717) is 24.7 Å². The van der Waals surface area contributed by atoms with Crippen LogP contribution in [0.5, 0.6) is 0 Å². The highest BCUT2D eigenvalue weighted by Gasteiger charge is 2.34. The minimum Gasteiger partial charge on any atom is -0.369 e. The summed E-state index contributed by atoms with van der Waals surface area (Å²) in [5.74, 6) is -0.613. The summed E-state index contributed by atoms with van der Waals surface area (Å²) in [6.45, 7) is 3.45. The Morgan fingerprint density at radius 3 is 2.28 bits per heavy atom. The lowest BCUT2D eigenvalue weighted by atomic mass is 10.0. The standard InChI is InChI=1S/C17H23N3O4S/c1-12-6-8-19(9-7-12)25(23,24)15-4-2-14(3-5-15)20-11-13(17(18)22)10-16(20)21/h2-5,12-13H,6-11H2,1H3,(H2,18,22)/t13-/m1/s1. The van der Waals surface area contributed by atoms with Crippen molar-refractivity contribution in [2.75, 3.05) is 24.5 Å². The molecule has 1 atom stereocenters. The highest BCUT2D eigenvalue weighted by Crippen LogP contribution is 2.28. The summed E-state index contributed by atoms with van der Waals surface area (Å²) in [7, 11) is -3.51. The Morgan fingerprint density at radius 2 is 1.76 bits per heavy atom. The third-order valence-electron chi connectivity index (χ3n) is 5.06. The van der Waals surface area contributed by atoms with Crippen molar-refractivity contribution in [2.24, 2.45) is 17.6 Å². The molecule has 1 aromatic carbocycles. The molecule has 136 valence electrons. The Morgan fingerprint density at radius 1 is 1.16 bits per heavy atom. The van der Waals surface area contributed by atoms with Gasteiger partial charge in [0.15, 0.2) is 0 Å². The van der Waals surface area contributed by atoms with Crippen LogP contribution >= 0.6 is 0 Å². The van der Waals surface area contributed by atoms with Crippen molar-refractivity contribution >= 4 is 27.5 Å². The summed E-state index contributed by atoms with van der Waals surface area (Å²) < 4.78 is 27.0. The predicted molar refractivity (Wildman–Crippen MR) is 93.3 cm³/mol. The topological polar surface area (TPSA) is 101 Å². The molecule has 8 heteroatoms. The molecule has 0 unspecified atom stereocenters. The van der Waals surface area contributed by atoms with Crippen molar-refractivity contribution in [1.82, 2.24) is 4.31 Å². The zero-order valence-electron chi connectivity index (χ0n) is 14.2. The van der Waals surface area contributed by atoms with Crippen molar-refractivity contribution < 1.29 is 18.0 Å². The predicted octanol–water partition coefficient (Wildman–Crippen LogP) is 0.945. The quantitative estimate of drug-likeness (QED) is 0.858. The molecule has 2 heterocycles. The molecule has 2 aliphatic rings. The van der Waals surface area contributed by atoms with Gasteiger partial charge in [-0.05, 0) is 43.0 Å². The van der Waals surface area contributed by atoms with Crippen LogP contribution in [0, 0.1) is 11.8 Å². The molecule has 2 N–H and O–H groups in total. The lowest BCUT2D eigenvalue weighted by Crippen LogP contribution is -2.37. The Balaban J connectivity index is 1.76. The van der Waals surface area contributed by atoms with Gasteiger partial charge in [0.05, 0.1) is 10.8 Å².